The Kier molecular flexibility index (Phi) is 7.40. The molecule has 1 N–H and O–H groups in total. The largest absolute Gasteiger partial charge is 0.343 e. The first-order chi connectivity index (χ1) is 20.3. The van der Waals surface area contributed by atoms with Crippen LogP contribution in [0.1, 0.15) is 5.56 Å². The minimum absolute atomic E-state index is 0.337. The first-order valence-electron chi connectivity index (χ1n) is 12.5. The third-order valence-corrected chi connectivity index (χ3v) is 6.61. The number of nitro benzene ring substituents is 3. The summed E-state index contributed by atoms with van der Waals surface area (Å²) < 4.78 is 0. The molecule has 5 aromatic rings. The molecule has 0 saturated heterocycles. The van der Waals surface area contributed by atoms with Crippen molar-refractivity contribution in [2.75, 3.05) is 5.32 Å². The summed E-state index contributed by atoms with van der Waals surface area (Å²) in [5.41, 5.74) is 2.36. The molecule has 0 bridgehead atoms. The molecule has 0 fully saturated rings. The zero-order chi connectivity index (χ0) is 29.8. The fourth-order valence-corrected chi connectivity index (χ4v) is 4.67. The van der Waals surface area contributed by atoms with E-state index in [4.69, 9.17) is 6.42 Å². The number of benzene rings is 5. The van der Waals surface area contributed by atoms with Crippen molar-refractivity contribution in [2.24, 2.45) is 0 Å². The van der Waals surface area contributed by atoms with Crippen molar-refractivity contribution in [1.82, 2.24) is 0 Å². The lowest BCUT2D eigenvalue weighted by atomic mass is 9.90. The number of anilines is 2. The number of non-ortho nitro benzene ring substituents is 1. The molecule has 10 nitrogen and oxygen atoms in total. The number of nitro groups is 3. The van der Waals surface area contributed by atoms with E-state index < -0.39 is 37.5 Å². The van der Waals surface area contributed by atoms with Crippen LogP contribution >= 0.6 is 0 Å². The first kappa shape index (κ1) is 27.2. The van der Waals surface area contributed by atoms with Gasteiger partial charge in [0.25, 0.3) is 5.69 Å². The van der Waals surface area contributed by atoms with Gasteiger partial charge < -0.3 is 5.32 Å². The number of terminal acetylenes is 1. The van der Waals surface area contributed by atoms with E-state index in [9.17, 15) is 30.3 Å². The average molecular weight is 557 g/mol. The van der Waals surface area contributed by atoms with Crippen LogP contribution < -0.4 is 5.32 Å². The van der Waals surface area contributed by atoms with E-state index in [-0.39, 0.29) is 0 Å². The van der Waals surface area contributed by atoms with Crippen molar-refractivity contribution >= 4 is 28.4 Å². The minimum Gasteiger partial charge on any atom is -0.343 e. The van der Waals surface area contributed by atoms with Crippen LogP contribution in [0.2, 0.25) is 0 Å². The number of nitrogens with one attached hydrogen (secondary N) is 1. The van der Waals surface area contributed by atoms with E-state index in [1.165, 1.54) is 0 Å². The zero-order valence-corrected chi connectivity index (χ0v) is 21.8. The number of nitrogens with zero attached hydrogens (tertiary/aromatic N) is 3. The van der Waals surface area contributed by atoms with Crippen LogP contribution in [-0.4, -0.2) is 14.8 Å². The fraction of sp³-hybridized carbons (Fsp3) is 0. The zero-order valence-electron chi connectivity index (χ0n) is 21.8. The summed E-state index contributed by atoms with van der Waals surface area (Å²) in [6.45, 7) is 0. The smallest absolute Gasteiger partial charge is 0.306 e. The summed E-state index contributed by atoms with van der Waals surface area (Å²) in [7, 11) is 0. The standard InChI is InChI=1S/C32H20N4O6/c1-2-21-10-9-15-24(16-21)25-17-27(22-11-5-3-6-12-22)31(28(18-25)23-13-7-4-8-14-23)33-32-29(35(39)40)19-26(34(37)38)20-30(32)36(41)42/h1,3-20,33H. The summed E-state index contributed by atoms with van der Waals surface area (Å²) in [5.74, 6) is 2.63. The topological polar surface area (TPSA) is 141 Å². The molecule has 0 aromatic heterocycles. The molecule has 0 spiro atoms. The second-order valence-corrected chi connectivity index (χ2v) is 9.16. The molecule has 0 atom stereocenters. The van der Waals surface area contributed by atoms with Crippen LogP contribution in [-0.2, 0) is 0 Å². The SMILES string of the molecule is C#Cc1cccc(-c2cc(-c3ccccc3)c(Nc3c([N+](=O)[O-])cc([N+](=O)[O-])cc3[N+](=O)[O-])c(-c3ccccc3)c2)c1. The second kappa shape index (κ2) is 11.4. The van der Waals surface area contributed by atoms with Crippen LogP contribution in [0, 0.1) is 42.7 Å². The maximum atomic E-state index is 12.1. The summed E-state index contributed by atoms with van der Waals surface area (Å²) >= 11 is 0. The van der Waals surface area contributed by atoms with Crippen LogP contribution in [0.4, 0.5) is 28.4 Å². The van der Waals surface area contributed by atoms with E-state index in [1.54, 1.807) is 0 Å². The summed E-state index contributed by atoms with van der Waals surface area (Å²) in [6, 6.07) is 30.9. The molecular formula is C32H20N4O6. The highest BCUT2D eigenvalue weighted by Gasteiger charge is 2.32. The Morgan fingerprint density at radius 3 is 1.50 bits per heavy atom. The molecule has 5 rings (SSSR count). The van der Waals surface area contributed by atoms with Gasteiger partial charge in [-0.1, -0.05) is 78.7 Å². The first-order valence-corrected chi connectivity index (χ1v) is 12.5. The predicted molar refractivity (Wildman–Crippen MR) is 160 cm³/mol. The maximum absolute atomic E-state index is 12.1. The number of hydrogen-bond donors (Lipinski definition) is 1. The van der Waals surface area contributed by atoms with Gasteiger partial charge >= 0.3 is 11.4 Å². The van der Waals surface area contributed by atoms with Crippen molar-refractivity contribution in [2.45, 2.75) is 0 Å². The Hall–Kier alpha value is -6.34. The predicted octanol–water partition coefficient (Wildman–Crippen LogP) is 8.14. The summed E-state index contributed by atoms with van der Waals surface area (Å²) in [4.78, 5) is 32.9. The molecule has 0 amide bonds. The van der Waals surface area contributed by atoms with Gasteiger partial charge in [-0.15, -0.1) is 6.42 Å². The number of hydrogen-bond acceptors (Lipinski definition) is 7. The lowest BCUT2D eigenvalue weighted by Crippen LogP contribution is -2.05. The monoisotopic (exact) mass is 556 g/mol. The Morgan fingerprint density at radius 2 is 1.05 bits per heavy atom. The Labute approximate surface area is 239 Å². The highest BCUT2D eigenvalue weighted by Crippen LogP contribution is 2.46. The molecule has 0 unspecified atom stereocenters. The van der Waals surface area contributed by atoms with Gasteiger partial charge in [0.2, 0.25) is 0 Å². The van der Waals surface area contributed by atoms with Gasteiger partial charge in [-0.3, -0.25) is 30.3 Å². The maximum Gasteiger partial charge on any atom is 0.306 e. The van der Waals surface area contributed by atoms with Gasteiger partial charge in [-0.05, 0) is 46.5 Å². The molecule has 0 radical (unpaired) electrons. The van der Waals surface area contributed by atoms with Crippen molar-refractivity contribution in [1.29, 1.82) is 0 Å². The van der Waals surface area contributed by atoms with Gasteiger partial charge in [-0.25, -0.2) is 0 Å². The normalized spacial score (nSPS) is 10.5. The van der Waals surface area contributed by atoms with Crippen LogP contribution in [0.25, 0.3) is 33.4 Å². The highest BCUT2D eigenvalue weighted by atomic mass is 16.6. The Bertz CT molecular complexity index is 1800. The van der Waals surface area contributed by atoms with E-state index in [1.807, 2.05) is 97.1 Å². The lowest BCUT2D eigenvalue weighted by Gasteiger charge is -2.20. The van der Waals surface area contributed by atoms with E-state index in [0.717, 1.165) is 22.3 Å². The average Bonchev–Trinajstić information content (AvgIpc) is 3.01. The van der Waals surface area contributed by atoms with Crippen molar-refractivity contribution in [3.05, 3.63) is 145 Å². The number of rotatable bonds is 8. The fourth-order valence-electron chi connectivity index (χ4n) is 4.67. The molecule has 204 valence electrons. The second-order valence-electron chi connectivity index (χ2n) is 9.16. The molecule has 5 aromatic carbocycles. The molecule has 10 heteroatoms. The molecule has 0 aliphatic heterocycles. The van der Waals surface area contributed by atoms with E-state index in [0.29, 0.717) is 34.5 Å². The van der Waals surface area contributed by atoms with Gasteiger partial charge in [0.1, 0.15) is 0 Å². The molecule has 42 heavy (non-hydrogen) atoms. The lowest BCUT2D eigenvalue weighted by molar-refractivity contribution is -0.401. The van der Waals surface area contributed by atoms with Gasteiger partial charge in [-0.2, -0.15) is 0 Å². The van der Waals surface area contributed by atoms with Gasteiger partial charge in [0.15, 0.2) is 5.69 Å². The van der Waals surface area contributed by atoms with Crippen molar-refractivity contribution < 1.29 is 14.8 Å². The Morgan fingerprint density at radius 1 is 0.548 bits per heavy atom. The van der Waals surface area contributed by atoms with Crippen LogP contribution in [0.15, 0.2) is 109 Å². The van der Waals surface area contributed by atoms with E-state index >= 15 is 0 Å². The molecule has 0 heterocycles. The Balaban J connectivity index is 1.87. The van der Waals surface area contributed by atoms with Crippen molar-refractivity contribution in [3.8, 4) is 45.7 Å². The molecular weight excluding hydrogens is 536 g/mol. The highest BCUT2D eigenvalue weighted by molar-refractivity contribution is 5.98. The van der Waals surface area contributed by atoms with E-state index in [2.05, 4.69) is 11.2 Å². The van der Waals surface area contributed by atoms with Crippen molar-refractivity contribution in [3.63, 3.8) is 0 Å². The third-order valence-electron chi connectivity index (χ3n) is 6.61. The third kappa shape index (κ3) is 5.38. The minimum atomic E-state index is -0.909. The van der Waals surface area contributed by atoms with Crippen LogP contribution in [0.3, 0.4) is 0 Å². The molecule has 0 aliphatic rings. The summed E-state index contributed by atoms with van der Waals surface area (Å²) in [5, 5.41) is 38.6. The van der Waals surface area contributed by atoms with Gasteiger partial charge in [0.05, 0.1) is 32.6 Å². The molecule has 0 saturated carbocycles. The molecule has 0 aliphatic carbocycles. The van der Waals surface area contributed by atoms with Crippen LogP contribution in [0.5, 0.6) is 0 Å². The van der Waals surface area contributed by atoms with Gasteiger partial charge in [0, 0.05) is 16.7 Å². The quantitative estimate of drug-likeness (QED) is 0.115. The summed E-state index contributed by atoms with van der Waals surface area (Å²) in [6.07, 6.45) is 5.64.